The number of hydrogen-bond acceptors (Lipinski definition) is 3. The summed E-state index contributed by atoms with van der Waals surface area (Å²) in [6.45, 7) is 4.53. The fourth-order valence-electron chi connectivity index (χ4n) is 2.53. The summed E-state index contributed by atoms with van der Waals surface area (Å²) in [7, 11) is 0. The lowest BCUT2D eigenvalue weighted by Crippen LogP contribution is -2.39. The molecule has 1 amide bonds. The van der Waals surface area contributed by atoms with Gasteiger partial charge in [0.25, 0.3) is 0 Å². The highest BCUT2D eigenvalue weighted by Gasteiger charge is 2.21. The molecule has 5 heteroatoms. The van der Waals surface area contributed by atoms with Crippen molar-refractivity contribution < 1.29 is 9.53 Å². The van der Waals surface area contributed by atoms with E-state index in [0.717, 1.165) is 38.3 Å². The molecule has 104 valence electrons. The molecule has 1 aliphatic rings. The number of anilines is 1. The number of rotatable bonds is 4. The number of carbonyl (C=O) groups excluding carboxylic acids is 1. The maximum absolute atomic E-state index is 11.3. The van der Waals surface area contributed by atoms with E-state index in [1.165, 1.54) is 0 Å². The first-order valence-corrected chi connectivity index (χ1v) is 6.94. The van der Waals surface area contributed by atoms with E-state index in [2.05, 4.69) is 11.8 Å². The third-order valence-corrected chi connectivity index (χ3v) is 3.69. The van der Waals surface area contributed by atoms with Crippen LogP contribution in [0.15, 0.2) is 18.2 Å². The fourth-order valence-corrected chi connectivity index (χ4v) is 2.76. The van der Waals surface area contributed by atoms with Crippen molar-refractivity contribution in [1.29, 1.82) is 0 Å². The highest BCUT2D eigenvalue weighted by molar-refractivity contribution is 6.31. The number of nitrogens with two attached hydrogens (primary N) is 1. The zero-order valence-corrected chi connectivity index (χ0v) is 11.8. The molecule has 4 nitrogen and oxygen atoms in total. The second-order valence-corrected chi connectivity index (χ2v) is 5.13. The molecular weight excluding hydrogens is 264 g/mol. The minimum Gasteiger partial charge on any atom is -0.381 e. The molecule has 1 heterocycles. The van der Waals surface area contributed by atoms with Crippen molar-refractivity contribution in [1.82, 2.24) is 0 Å². The summed E-state index contributed by atoms with van der Waals surface area (Å²) in [6.07, 6.45) is 1.98. The molecular formula is C14H19ClN2O2. The van der Waals surface area contributed by atoms with Crippen LogP contribution in [-0.4, -0.2) is 31.7 Å². The second kappa shape index (κ2) is 6.26. The predicted octanol–water partition coefficient (Wildman–Crippen LogP) is 2.44. The maximum atomic E-state index is 11.3. The van der Waals surface area contributed by atoms with Gasteiger partial charge < -0.3 is 15.4 Å². The Hall–Kier alpha value is -1.26. The lowest BCUT2D eigenvalue weighted by molar-refractivity contribution is 0.0846. The average molecular weight is 283 g/mol. The number of primary amides is 1. The standard InChI is InChI=1S/C14H19ClN2O2/c1-2-17(12-3-5-19-6-4-12)13-8-10(14(16)18)7-11(15)9-13/h7-9,12H,2-6H2,1H3,(H2,16,18). The SMILES string of the molecule is CCN(c1cc(Cl)cc(C(N)=O)c1)C1CCOCC1. The van der Waals surface area contributed by atoms with E-state index in [0.29, 0.717) is 16.6 Å². The smallest absolute Gasteiger partial charge is 0.248 e. The molecule has 0 aromatic heterocycles. The topological polar surface area (TPSA) is 55.6 Å². The lowest BCUT2D eigenvalue weighted by Gasteiger charge is -2.35. The first-order valence-electron chi connectivity index (χ1n) is 6.56. The molecule has 2 N–H and O–H groups in total. The highest BCUT2D eigenvalue weighted by Crippen LogP contribution is 2.27. The summed E-state index contributed by atoms with van der Waals surface area (Å²) in [5.74, 6) is -0.452. The summed E-state index contributed by atoms with van der Waals surface area (Å²) < 4.78 is 5.39. The van der Waals surface area contributed by atoms with E-state index in [4.69, 9.17) is 22.1 Å². The lowest BCUT2D eigenvalue weighted by atomic mass is 10.1. The minimum atomic E-state index is -0.452. The van der Waals surface area contributed by atoms with Gasteiger partial charge in [-0.1, -0.05) is 11.6 Å². The van der Waals surface area contributed by atoms with Crippen molar-refractivity contribution in [2.45, 2.75) is 25.8 Å². The molecule has 2 rings (SSSR count). The van der Waals surface area contributed by atoms with E-state index in [1.807, 2.05) is 12.1 Å². The van der Waals surface area contributed by atoms with Crippen LogP contribution in [0.5, 0.6) is 0 Å². The molecule has 0 aliphatic carbocycles. The van der Waals surface area contributed by atoms with Gasteiger partial charge >= 0.3 is 0 Å². The molecule has 0 saturated carbocycles. The molecule has 1 saturated heterocycles. The van der Waals surface area contributed by atoms with Crippen LogP contribution in [0.1, 0.15) is 30.1 Å². The largest absolute Gasteiger partial charge is 0.381 e. The summed E-state index contributed by atoms with van der Waals surface area (Å²) in [5, 5.41) is 0.539. The quantitative estimate of drug-likeness (QED) is 0.923. The number of amides is 1. The number of halogens is 1. The molecule has 1 fully saturated rings. The Bertz CT molecular complexity index is 459. The highest BCUT2D eigenvalue weighted by atomic mass is 35.5. The molecule has 0 bridgehead atoms. The molecule has 0 spiro atoms. The Balaban J connectivity index is 2.28. The molecule has 1 aromatic rings. The van der Waals surface area contributed by atoms with Gasteiger partial charge in [-0.3, -0.25) is 4.79 Å². The van der Waals surface area contributed by atoms with Crippen molar-refractivity contribution in [3.05, 3.63) is 28.8 Å². The number of nitrogens with zero attached hydrogens (tertiary/aromatic N) is 1. The molecule has 0 unspecified atom stereocenters. The third-order valence-electron chi connectivity index (χ3n) is 3.47. The monoisotopic (exact) mass is 282 g/mol. The fraction of sp³-hybridized carbons (Fsp3) is 0.500. The van der Waals surface area contributed by atoms with E-state index in [9.17, 15) is 4.79 Å². The Morgan fingerprint density at radius 2 is 2.11 bits per heavy atom. The van der Waals surface area contributed by atoms with Gasteiger partial charge in [0.05, 0.1) is 0 Å². The number of ether oxygens (including phenoxy) is 1. The molecule has 0 radical (unpaired) electrons. The van der Waals surface area contributed by atoms with Crippen LogP contribution in [0, 0.1) is 0 Å². The average Bonchev–Trinajstić information content (AvgIpc) is 2.40. The Labute approximate surface area is 118 Å². The van der Waals surface area contributed by atoms with Crippen LogP contribution in [0.25, 0.3) is 0 Å². The van der Waals surface area contributed by atoms with Gasteiger partial charge in [0.15, 0.2) is 0 Å². The minimum absolute atomic E-state index is 0.429. The van der Waals surface area contributed by atoms with E-state index >= 15 is 0 Å². The molecule has 1 aromatic carbocycles. The number of carbonyl (C=O) groups is 1. The number of hydrogen-bond donors (Lipinski definition) is 1. The van der Waals surface area contributed by atoms with Crippen LogP contribution in [0.3, 0.4) is 0 Å². The number of benzene rings is 1. The Morgan fingerprint density at radius 3 is 2.68 bits per heavy atom. The molecule has 1 aliphatic heterocycles. The van der Waals surface area contributed by atoms with Gasteiger partial charge in [0, 0.05) is 42.1 Å². The predicted molar refractivity (Wildman–Crippen MR) is 76.8 cm³/mol. The summed E-state index contributed by atoms with van der Waals surface area (Å²) in [5.41, 5.74) is 6.74. The molecule has 19 heavy (non-hydrogen) atoms. The summed E-state index contributed by atoms with van der Waals surface area (Å²) in [4.78, 5) is 13.6. The van der Waals surface area contributed by atoms with Gasteiger partial charge in [0.1, 0.15) is 0 Å². The first kappa shape index (κ1) is 14.2. The van der Waals surface area contributed by atoms with Gasteiger partial charge in [-0.25, -0.2) is 0 Å². The van der Waals surface area contributed by atoms with Gasteiger partial charge in [0.2, 0.25) is 5.91 Å². The zero-order chi connectivity index (χ0) is 13.8. The van der Waals surface area contributed by atoms with Crippen molar-refractivity contribution in [2.75, 3.05) is 24.7 Å². The van der Waals surface area contributed by atoms with E-state index in [-0.39, 0.29) is 0 Å². The van der Waals surface area contributed by atoms with Crippen LogP contribution in [-0.2, 0) is 4.74 Å². The normalized spacial score (nSPS) is 16.3. The van der Waals surface area contributed by atoms with Crippen LogP contribution in [0.2, 0.25) is 5.02 Å². The van der Waals surface area contributed by atoms with Crippen LogP contribution >= 0.6 is 11.6 Å². The first-order chi connectivity index (χ1) is 9.11. The van der Waals surface area contributed by atoms with Crippen molar-refractivity contribution in [2.24, 2.45) is 5.73 Å². The van der Waals surface area contributed by atoms with Crippen LogP contribution < -0.4 is 10.6 Å². The third kappa shape index (κ3) is 3.39. The van der Waals surface area contributed by atoms with Crippen molar-refractivity contribution in [3.8, 4) is 0 Å². The van der Waals surface area contributed by atoms with Gasteiger partial charge in [-0.15, -0.1) is 0 Å². The Morgan fingerprint density at radius 1 is 1.42 bits per heavy atom. The van der Waals surface area contributed by atoms with Crippen molar-refractivity contribution in [3.63, 3.8) is 0 Å². The van der Waals surface area contributed by atoms with E-state index in [1.54, 1.807) is 6.07 Å². The van der Waals surface area contributed by atoms with Gasteiger partial charge in [-0.2, -0.15) is 0 Å². The van der Waals surface area contributed by atoms with Crippen molar-refractivity contribution >= 4 is 23.2 Å². The summed E-state index contributed by atoms with van der Waals surface area (Å²) in [6, 6.07) is 5.73. The van der Waals surface area contributed by atoms with Gasteiger partial charge in [-0.05, 0) is 38.0 Å². The maximum Gasteiger partial charge on any atom is 0.248 e. The van der Waals surface area contributed by atoms with Crippen LogP contribution in [0.4, 0.5) is 5.69 Å². The Kier molecular flexibility index (Phi) is 4.66. The summed E-state index contributed by atoms with van der Waals surface area (Å²) >= 11 is 6.07. The van der Waals surface area contributed by atoms with E-state index < -0.39 is 5.91 Å². The second-order valence-electron chi connectivity index (χ2n) is 4.69. The molecule has 0 atom stereocenters. The zero-order valence-electron chi connectivity index (χ0n) is 11.1.